The maximum Gasteiger partial charge on any atom is 0.269 e. The zero-order valence-electron chi connectivity index (χ0n) is 14.4. The molecule has 0 fully saturated rings. The fourth-order valence-corrected chi connectivity index (χ4v) is 2.94. The Morgan fingerprint density at radius 2 is 1.96 bits per heavy atom. The number of H-pyrrole nitrogens is 1. The summed E-state index contributed by atoms with van der Waals surface area (Å²) in [6.07, 6.45) is 1.43. The molecule has 4 aromatic rings. The van der Waals surface area contributed by atoms with Gasteiger partial charge in [0.15, 0.2) is 11.5 Å². The fourth-order valence-electron chi connectivity index (χ4n) is 2.75. The van der Waals surface area contributed by atoms with Crippen LogP contribution in [0.5, 0.6) is 0 Å². The number of rotatable bonds is 6. The number of aromatic nitrogens is 4. The molecule has 0 saturated carbocycles. The lowest BCUT2D eigenvalue weighted by Crippen LogP contribution is -2.02. The highest BCUT2D eigenvalue weighted by molar-refractivity contribution is 6.30. The van der Waals surface area contributed by atoms with Crippen LogP contribution in [-0.4, -0.2) is 25.1 Å². The Kier molecular flexibility index (Phi) is 4.73. The summed E-state index contributed by atoms with van der Waals surface area (Å²) in [5, 5.41) is 25.7. The van der Waals surface area contributed by atoms with Crippen molar-refractivity contribution in [3.8, 4) is 0 Å². The van der Waals surface area contributed by atoms with Crippen LogP contribution in [0.3, 0.4) is 0 Å². The largest absolute Gasteiger partial charge is 0.364 e. The molecule has 2 aromatic carbocycles. The lowest BCUT2D eigenvalue weighted by molar-refractivity contribution is -0.384. The molecule has 140 valence electrons. The molecule has 0 saturated heterocycles. The van der Waals surface area contributed by atoms with Crippen LogP contribution in [-0.2, 0) is 6.54 Å². The molecule has 0 aliphatic rings. The molecule has 4 rings (SSSR count). The van der Waals surface area contributed by atoms with Crippen molar-refractivity contribution in [2.75, 3.05) is 10.6 Å². The third kappa shape index (κ3) is 3.69. The van der Waals surface area contributed by atoms with Crippen LogP contribution in [0.2, 0.25) is 5.02 Å². The third-order valence-corrected chi connectivity index (χ3v) is 4.26. The molecule has 0 aliphatic carbocycles. The normalized spacial score (nSPS) is 10.8. The van der Waals surface area contributed by atoms with Crippen molar-refractivity contribution >= 4 is 45.6 Å². The Bertz CT molecular complexity index is 1160. The van der Waals surface area contributed by atoms with Gasteiger partial charge >= 0.3 is 0 Å². The zero-order chi connectivity index (χ0) is 19.5. The van der Waals surface area contributed by atoms with Gasteiger partial charge in [-0.05, 0) is 23.8 Å². The van der Waals surface area contributed by atoms with E-state index in [-0.39, 0.29) is 5.69 Å². The second kappa shape index (κ2) is 7.49. The number of nitrogens with zero attached hydrogens (tertiary/aromatic N) is 4. The van der Waals surface area contributed by atoms with Crippen molar-refractivity contribution in [1.82, 2.24) is 20.2 Å². The van der Waals surface area contributed by atoms with Crippen LogP contribution >= 0.6 is 11.6 Å². The number of fused-ring (bicyclic) bond motifs is 1. The summed E-state index contributed by atoms with van der Waals surface area (Å²) < 4.78 is 0. The molecular formula is C18H14ClN7O2. The number of nitro benzene ring substituents is 1. The first-order valence-electron chi connectivity index (χ1n) is 8.29. The lowest BCUT2D eigenvalue weighted by atomic mass is 10.2. The van der Waals surface area contributed by atoms with Gasteiger partial charge in [-0.15, -0.1) is 0 Å². The molecule has 28 heavy (non-hydrogen) atoms. The van der Waals surface area contributed by atoms with Crippen LogP contribution in [0.15, 0.2) is 54.9 Å². The number of hydrogen-bond acceptors (Lipinski definition) is 7. The molecule has 0 aliphatic heterocycles. The Balaban J connectivity index is 1.61. The van der Waals surface area contributed by atoms with E-state index in [9.17, 15) is 10.1 Å². The van der Waals surface area contributed by atoms with Gasteiger partial charge in [-0.25, -0.2) is 9.97 Å². The van der Waals surface area contributed by atoms with Crippen LogP contribution in [0.4, 0.5) is 23.0 Å². The second-order valence-corrected chi connectivity index (χ2v) is 6.37. The summed E-state index contributed by atoms with van der Waals surface area (Å²) in [5.74, 6) is 1.09. The molecule has 10 heteroatoms. The first kappa shape index (κ1) is 17.7. The second-order valence-electron chi connectivity index (χ2n) is 5.93. The van der Waals surface area contributed by atoms with Gasteiger partial charge in [-0.2, -0.15) is 5.10 Å². The lowest BCUT2D eigenvalue weighted by Gasteiger charge is -2.09. The van der Waals surface area contributed by atoms with Crippen LogP contribution in [0, 0.1) is 10.1 Å². The van der Waals surface area contributed by atoms with Crippen molar-refractivity contribution in [3.63, 3.8) is 0 Å². The molecule has 0 atom stereocenters. The quantitative estimate of drug-likeness (QED) is 0.329. The molecule has 0 radical (unpaired) electrons. The summed E-state index contributed by atoms with van der Waals surface area (Å²) in [5.41, 5.74) is 2.13. The van der Waals surface area contributed by atoms with E-state index in [1.165, 1.54) is 18.5 Å². The Morgan fingerprint density at radius 1 is 1.11 bits per heavy atom. The number of hydrogen-bond donors (Lipinski definition) is 3. The van der Waals surface area contributed by atoms with Crippen molar-refractivity contribution in [2.45, 2.75) is 6.54 Å². The summed E-state index contributed by atoms with van der Waals surface area (Å²) >= 11 is 6.04. The molecule has 0 unspecified atom stereocenters. The van der Waals surface area contributed by atoms with Gasteiger partial charge in [-0.3, -0.25) is 15.2 Å². The number of non-ortho nitro benzene ring substituents is 1. The zero-order valence-corrected chi connectivity index (χ0v) is 15.1. The van der Waals surface area contributed by atoms with Crippen molar-refractivity contribution in [2.24, 2.45) is 0 Å². The number of nitro groups is 1. The van der Waals surface area contributed by atoms with Gasteiger partial charge in [0.25, 0.3) is 5.69 Å². The topological polar surface area (TPSA) is 122 Å². The van der Waals surface area contributed by atoms with Gasteiger partial charge in [0.05, 0.1) is 4.92 Å². The van der Waals surface area contributed by atoms with Crippen LogP contribution in [0.1, 0.15) is 5.56 Å². The van der Waals surface area contributed by atoms with E-state index in [0.717, 1.165) is 11.3 Å². The highest BCUT2D eigenvalue weighted by atomic mass is 35.5. The van der Waals surface area contributed by atoms with E-state index in [0.29, 0.717) is 34.2 Å². The Hall–Kier alpha value is -3.72. The standard InChI is InChI=1S/C18H14ClN7O2/c19-12-4-2-5-13(8-12)23-16-15-17(24-25-18(15)22-10-21-16)20-9-11-3-1-6-14(7-11)26(27)28/h1-8,10H,9H2,(H3,20,21,22,23,24,25). The maximum atomic E-state index is 10.9. The van der Waals surface area contributed by atoms with E-state index in [2.05, 4.69) is 30.8 Å². The number of benzene rings is 2. The minimum Gasteiger partial charge on any atom is -0.364 e. The van der Waals surface area contributed by atoms with Gasteiger partial charge in [-0.1, -0.05) is 29.8 Å². The van der Waals surface area contributed by atoms with E-state index >= 15 is 0 Å². The number of aromatic amines is 1. The average molecular weight is 396 g/mol. The fraction of sp³-hybridized carbons (Fsp3) is 0.0556. The molecule has 0 spiro atoms. The number of halogens is 1. The van der Waals surface area contributed by atoms with Crippen LogP contribution < -0.4 is 10.6 Å². The van der Waals surface area contributed by atoms with E-state index < -0.39 is 4.92 Å². The highest BCUT2D eigenvalue weighted by Gasteiger charge is 2.14. The van der Waals surface area contributed by atoms with E-state index in [1.54, 1.807) is 24.3 Å². The first-order chi connectivity index (χ1) is 13.6. The predicted octanol–water partition coefficient (Wildman–Crippen LogP) is 4.27. The predicted molar refractivity (Wildman–Crippen MR) is 107 cm³/mol. The molecule has 2 heterocycles. The summed E-state index contributed by atoms with van der Waals surface area (Å²) in [6.45, 7) is 0.354. The Morgan fingerprint density at radius 3 is 2.79 bits per heavy atom. The molecule has 9 nitrogen and oxygen atoms in total. The smallest absolute Gasteiger partial charge is 0.269 e. The summed E-state index contributed by atoms with van der Waals surface area (Å²) in [6, 6.07) is 13.7. The maximum absolute atomic E-state index is 10.9. The Labute approximate surface area is 163 Å². The van der Waals surface area contributed by atoms with Crippen molar-refractivity contribution in [3.05, 3.63) is 75.6 Å². The molecule has 2 aromatic heterocycles. The molecular weight excluding hydrogens is 382 g/mol. The van der Waals surface area contributed by atoms with Crippen LogP contribution in [0.25, 0.3) is 11.0 Å². The minimum atomic E-state index is -0.422. The molecule has 0 bridgehead atoms. The van der Waals surface area contributed by atoms with Gasteiger partial charge in [0.1, 0.15) is 17.5 Å². The van der Waals surface area contributed by atoms with Gasteiger partial charge in [0.2, 0.25) is 0 Å². The molecule has 0 amide bonds. The SMILES string of the molecule is O=[N+]([O-])c1cccc(CNc2n[nH]c3ncnc(Nc4cccc(Cl)c4)c23)c1. The molecule has 3 N–H and O–H groups in total. The highest BCUT2D eigenvalue weighted by Crippen LogP contribution is 2.29. The monoisotopic (exact) mass is 395 g/mol. The number of nitrogens with one attached hydrogen (secondary N) is 3. The van der Waals surface area contributed by atoms with Crippen molar-refractivity contribution in [1.29, 1.82) is 0 Å². The number of anilines is 3. The van der Waals surface area contributed by atoms with E-state index in [4.69, 9.17) is 11.6 Å². The third-order valence-electron chi connectivity index (χ3n) is 4.03. The summed E-state index contributed by atoms with van der Waals surface area (Å²) in [7, 11) is 0. The first-order valence-corrected chi connectivity index (χ1v) is 8.67. The minimum absolute atomic E-state index is 0.0397. The average Bonchev–Trinajstić information content (AvgIpc) is 3.11. The van der Waals surface area contributed by atoms with Gasteiger partial charge < -0.3 is 10.6 Å². The van der Waals surface area contributed by atoms with E-state index in [1.807, 2.05) is 12.1 Å². The van der Waals surface area contributed by atoms with Crippen molar-refractivity contribution < 1.29 is 4.92 Å². The summed E-state index contributed by atoms with van der Waals surface area (Å²) in [4.78, 5) is 19.0. The van der Waals surface area contributed by atoms with Gasteiger partial charge in [0, 0.05) is 29.4 Å².